The van der Waals surface area contributed by atoms with Gasteiger partial charge in [0, 0.05) is 17.5 Å². The zero-order valence-electron chi connectivity index (χ0n) is 13.1. The molecule has 122 valence electrons. The van der Waals surface area contributed by atoms with Crippen LogP contribution in [-0.4, -0.2) is 12.5 Å². The van der Waals surface area contributed by atoms with E-state index >= 15 is 0 Å². The highest BCUT2D eigenvalue weighted by Gasteiger charge is 2.14. The van der Waals surface area contributed by atoms with Crippen LogP contribution in [0.15, 0.2) is 48.5 Å². The van der Waals surface area contributed by atoms with Crippen molar-refractivity contribution in [1.29, 1.82) is 0 Å². The molecule has 2 aromatic rings. The molecule has 4 nitrogen and oxygen atoms in total. The van der Waals surface area contributed by atoms with Gasteiger partial charge in [-0.15, -0.1) is 0 Å². The lowest BCUT2D eigenvalue weighted by atomic mass is 10.0. The number of amides is 1. The maximum Gasteiger partial charge on any atom is 0.226 e. The molecule has 2 rings (SSSR count). The van der Waals surface area contributed by atoms with E-state index in [0.717, 1.165) is 12.0 Å². The zero-order chi connectivity index (χ0) is 16.7. The standard InChI is InChI=1S/C18H21ClN2O2/c1-2-10-23-17-9-8-14(19)11-16(17)21-18(22)12-15(20)13-6-4-3-5-7-13/h3-9,11,15H,2,10,12,20H2,1H3,(H,21,22). The van der Waals surface area contributed by atoms with Crippen LogP contribution >= 0.6 is 11.6 Å². The third-order valence-electron chi connectivity index (χ3n) is 3.31. The van der Waals surface area contributed by atoms with E-state index in [2.05, 4.69) is 5.32 Å². The van der Waals surface area contributed by atoms with Crippen LogP contribution in [0.5, 0.6) is 5.75 Å². The van der Waals surface area contributed by atoms with Gasteiger partial charge in [0.05, 0.1) is 12.3 Å². The Morgan fingerprint density at radius 2 is 2.00 bits per heavy atom. The van der Waals surface area contributed by atoms with Crippen molar-refractivity contribution < 1.29 is 9.53 Å². The molecule has 0 aliphatic heterocycles. The summed E-state index contributed by atoms with van der Waals surface area (Å²) in [5.41, 5.74) is 7.57. The summed E-state index contributed by atoms with van der Waals surface area (Å²) in [5.74, 6) is 0.433. The van der Waals surface area contributed by atoms with Gasteiger partial charge < -0.3 is 15.8 Å². The van der Waals surface area contributed by atoms with Gasteiger partial charge in [0.2, 0.25) is 5.91 Å². The fourth-order valence-electron chi connectivity index (χ4n) is 2.16. The lowest BCUT2D eigenvalue weighted by Crippen LogP contribution is -2.21. The number of anilines is 1. The molecule has 0 aromatic heterocycles. The van der Waals surface area contributed by atoms with Gasteiger partial charge in [0.15, 0.2) is 0 Å². The average molecular weight is 333 g/mol. The van der Waals surface area contributed by atoms with Crippen LogP contribution in [0.25, 0.3) is 0 Å². The van der Waals surface area contributed by atoms with E-state index in [9.17, 15) is 4.79 Å². The van der Waals surface area contributed by atoms with Gasteiger partial charge >= 0.3 is 0 Å². The van der Waals surface area contributed by atoms with E-state index in [4.69, 9.17) is 22.1 Å². The Hall–Kier alpha value is -2.04. The maximum atomic E-state index is 12.2. The predicted molar refractivity (Wildman–Crippen MR) is 93.9 cm³/mol. The van der Waals surface area contributed by atoms with Crippen molar-refractivity contribution in [2.75, 3.05) is 11.9 Å². The number of hydrogen-bond donors (Lipinski definition) is 2. The molecular weight excluding hydrogens is 312 g/mol. The second kappa shape index (κ2) is 8.56. The molecule has 5 heteroatoms. The first-order valence-electron chi connectivity index (χ1n) is 7.63. The quantitative estimate of drug-likeness (QED) is 0.800. The summed E-state index contributed by atoms with van der Waals surface area (Å²) < 4.78 is 5.63. The molecule has 2 aromatic carbocycles. The summed E-state index contributed by atoms with van der Waals surface area (Å²) in [6.45, 7) is 2.60. The summed E-state index contributed by atoms with van der Waals surface area (Å²) in [6, 6.07) is 14.4. The summed E-state index contributed by atoms with van der Waals surface area (Å²) in [5, 5.41) is 3.37. The molecule has 0 fully saturated rings. The van der Waals surface area contributed by atoms with Crippen molar-refractivity contribution in [3.05, 3.63) is 59.1 Å². The van der Waals surface area contributed by atoms with Gasteiger partial charge in [-0.05, 0) is 30.2 Å². The highest BCUT2D eigenvalue weighted by molar-refractivity contribution is 6.31. The van der Waals surface area contributed by atoms with Crippen molar-refractivity contribution in [2.45, 2.75) is 25.8 Å². The minimum atomic E-state index is -0.351. The van der Waals surface area contributed by atoms with Crippen molar-refractivity contribution >= 4 is 23.2 Å². The Bertz CT molecular complexity index is 647. The Morgan fingerprint density at radius 3 is 2.70 bits per heavy atom. The molecule has 1 unspecified atom stereocenters. The Labute approximate surface area is 141 Å². The maximum absolute atomic E-state index is 12.2. The minimum Gasteiger partial charge on any atom is -0.491 e. The number of carbonyl (C=O) groups is 1. The van der Waals surface area contributed by atoms with Crippen LogP contribution in [-0.2, 0) is 4.79 Å². The van der Waals surface area contributed by atoms with Gasteiger partial charge in [-0.1, -0.05) is 48.9 Å². The van der Waals surface area contributed by atoms with Crippen LogP contribution in [0, 0.1) is 0 Å². The third kappa shape index (κ3) is 5.27. The van der Waals surface area contributed by atoms with Gasteiger partial charge in [-0.3, -0.25) is 4.79 Å². The van der Waals surface area contributed by atoms with Gasteiger partial charge in [-0.25, -0.2) is 0 Å². The lowest BCUT2D eigenvalue weighted by molar-refractivity contribution is -0.116. The fraction of sp³-hybridized carbons (Fsp3) is 0.278. The largest absolute Gasteiger partial charge is 0.491 e. The molecule has 0 aliphatic rings. The first-order valence-corrected chi connectivity index (χ1v) is 8.00. The monoisotopic (exact) mass is 332 g/mol. The molecule has 0 spiro atoms. The molecule has 0 bridgehead atoms. The Balaban J connectivity index is 2.03. The molecule has 1 amide bonds. The van der Waals surface area contributed by atoms with E-state index in [0.29, 0.717) is 23.1 Å². The molecule has 3 N–H and O–H groups in total. The number of halogens is 1. The third-order valence-corrected chi connectivity index (χ3v) is 3.55. The Morgan fingerprint density at radius 1 is 1.26 bits per heavy atom. The van der Waals surface area contributed by atoms with E-state index in [1.54, 1.807) is 18.2 Å². The van der Waals surface area contributed by atoms with Crippen LogP contribution in [0.4, 0.5) is 5.69 Å². The topological polar surface area (TPSA) is 64.3 Å². The molecule has 0 aliphatic carbocycles. The highest BCUT2D eigenvalue weighted by atomic mass is 35.5. The van der Waals surface area contributed by atoms with Crippen molar-refractivity contribution in [3.8, 4) is 5.75 Å². The van der Waals surface area contributed by atoms with Crippen LogP contribution in [0.3, 0.4) is 0 Å². The number of nitrogens with one attached hydrogen (secondary N) is 1. The van der Waals surface area contributed by atoms with Crippen molar-refractivity contribution in [1.82, 2.24) is 0 Å². The number of benzene rings is 2. The molecule has 1 atom stereocenters. The minimum absolute atomic E-state index is 0.176. The van der Waals surface area contributed by atoms with Crippen molar-refractivity contribution in [2.24, 2.45) is 5.73 Å². The summed E-state index contributed by atoms with van der Waals surface area (Å²) >= 11 is 6.00. The molecule has 0 radical (unpaired) electrons. The van der Waals surface area contributed by atoms with Gasteiger partial charge in [0.1, 0.15) is 5.75 Å². The second-order valence-corrected chi connectivity index (χ2v) is 5.69. The average Bonchev–Trinajstić information content (AvgIpc) is 2.55. The Kier molecular flexibility index (Phi) is 6.44. The molecule has 23 heavy (non-hydrogen) atoms. The number of hydrogen-bond acceptors (Lipinski definition) is 3. The molecule has 0 saturated heterocycles. The van der Waals surface area contributed by atoms with E-state index in [1.807, 2.05) is 37.3 Å². The van der Waals surface area contributed by atoms with Crippen LogP contribution < -0.4 is 15.8 Å². The molecule has 0 saturated carbocycles. The first-order chi connectivity index (χ1) is 11.1. The van der Waals surface area contributed by atoms with Crippen LogP contribution in [0.1, 0.15) is 31.4 Å². The van der Waals surface area contributed by atoms with Crippen molar-refractivity contribution in [3.63, 3.8) is 0 Å². The SMILES string of the molecule is CCCOc1ccc(Cl)cc1NC(=O)CC(N)c1ccccc1. The fourth-order valence-corrected chi connectivity index (χ4v) is 2.33. The van der Waals surface area contributed by atoms with E-state index in [1.165, 1.54) is 0 Å². The summed E-state index contributed by atoms with van der Waals surface area (Å²) in [4.78, 5) is 12.2. The molecular formula is C18H21ClN2O2. The number of nitrogens with two attached hydrogens (primary N) is 1. The smallest absolute Gasteiger partial charge is 0.226 e. The highest BCUT2D eigenvalue weighted by Crippen LogP contribution is 2.28. The van der Waals surface area contributed by atoms with Crippen LogP contribution in [0.2, 0.25) is 5.02 Å². The summed E-state index contributed by atoms with van der Waals surface area (Å²) in [7, 11) is 0. The van der Waals surface area contributed by atoms with E-state index in [-0.39, 0.29) is 18.4 Å². The predicted octanol–water partition coefficient (Wildman–Crippen LogP) is 4.16. The normalized spacial score (nSPS) is 11.8. The van der Waals surface area contributed by atoms with Gasteiger partial charge in [-0.2, -0.15) is 0 Å². The summed E-state index contributed by atoms with van der Waals surface area (Å²) in [6.07, 6.45) is 1.07. The number of rotatable bonds is 7. The van der Waals surface area contributed by atoms with E-state index < -0.39 is 0 Å². The zero-order valence-corrected chi connectivity index (χ0v) is 13.8. The number of carbonyl (C=O) groups excluding carboxylic acids is 1. The second-order valence-electron chi connectivity index (χ2n) is 5.26. The molecule has 0 heterocycles. The first kappa shape index (κ1) is 17.3. The lowest BCUT2D eigenvalue weighted by Gasteiger charge is -2.15. The van der Waals surface area contributed by atoms with Gasteiger partial charge in [0.25, 0.3) is 0 Å². The number of ether oxygens (including phenoxy) is 1.